The topological polar surface area (TPSA) is 17.1 Å². The second-order valence-electron chi connectivity index (χ2n) is 6.47. The summed E-state index contributed by atoms with van der Waals surface area (Å²) >= 11 is 0. The first-order chi connectivity index (χ1) is 11.7. The molecule has 0 spiro atoms. The highest BCUT2D eigenvalue weighted by molar-refractivity contribution is 5.53. The van der Waals surface area contributed by atoms with E-state index < -0.39 is 0 Å². The van der Waals surface area contributed by atoms with Crippen LogP contribution >= 0.6 is 0 Å². The second kappa shape index (κ2) is 12.5. The molecule has 0 amide bonds. The molecule has 0 bridgehead atoms. The Morgan fingerprint density at radius 2 is 1.50 bits per heavy atom. The molecule has 2 atom stereocenters. The number of hydrogen-bond acceptors (Lipinski definition) is 1. The molecule has 0 fully saturated rings. The molecule has 0 heterocycles. The predicted molar refractivity (Wildman–Crippen MR) is 106 cm³/mol. The Balaban J connectivity index is 2.59. The summed E-state index contributed by atoms with van der Waals surface area (Å²) in [6.45, 7) is 4.29. The Kier molecular flexibility index (Phi) is 10.5. The van der Waals surface area contributed by atoms with Crippen molar-refractivity contribution in [3.63, 3.8) is 0 Å². The Morgan fingerprint density at radius 3 is 2.04 bits per heavy atom. The number of carbonyl (C=O) groups is 1. The smallest absolute Gasteiger partial charge is 0.123 e. The lowest BCUT2D eigenvalue weighted by atomic mass is 9.88. The van der Waals surface area contributed by atoms with Gasteiger partial charge in [-0.05, 0) is 45.4 Å². The minimum absolute atomic E-state index is 0.0382. The minimum Gasteiger partial charge on any atom is -0.303 e. The van der Waals surface area contributed by atoms with E-state index in [1.165, 1.54) is 0 Å². The third-order valence-corrected chi connectivity index (χ3v) is 4.18. The van der Waals surface area contributed by atoms with Gasteiger partial charge in [-0.3, -0.25) is 0 Å². The molecule has 1 aliphatic carbocycles. The van der Waals surface area contributed by atoms with E-state index in [9.17, 15) is 4.79 Å². The number of rotatable bonds is 7. The standard InChI is InChI=1S/C23H32O/c1-3-22(21-24)17-13-9-12-16-20-23(2)18-14-10-7-5-4-6-8-11-15-19-23/h5-9,13-16,18-22H,3-4,10-12,17H2,1-2H3/b7-5-,8-6-,13-9+,18-14-,19-15?,20-16-. The van der Waals surface area contributed by atoms with Gasteiger partial charge in [-0.25, -0.2) is 0 Å². The quantitative estimate of drug-likeness (QED) is 0.385. The van der Waals surface area contributed by atoms with Crippen LogP contribution in [0, 0.1) is 11.3 Å². The summed E-state index contributed by atoms with van der Waals surface area (Å²) in [4.78, 5) is 10.8. The highest BCUT2D eigenvalue weighted by atomic mass is 16.1. The molecule has 1 aliphatic rings. The molecule has 2 unspecified atom stereocenters. The average Bonchev–Trinajstić information content (AvgIpc) is 2.58. The summed E-state index contributed by atoms with van der Waals surface area (Å²) in [5, 5.41) is 0. The molecule has 1 nitrogen and oxygen atoms in total. The second-order valence-corrected chi connectivity index (χ2v) is 6.47. The maximum atomic E-state index is 10.8. The van der Waals surface area contributed by atoms with Crippen LogP contribution in [0.3, 0.4) is 0 Å². The van der Waals surface area contributed by atoms with Gasteiger partial charge in [-0.1, -0.05) is 79.8 Å². The van der Waals surface area contributed by atoms with Crippen molar-refractivity contribution in [3.8, 4) is 0 Å². The largest absolute Gasteiger partial charge is 0.303 e. The fourth-order valence-corrected chi connectivity index (χ4v) is 2.52. The number of hydrogen-bond donors (Lipinski definition) is 0. The molecule has 1 heteroatoms. The SMILES string of the molecule is CCC(C=O)C/C=C/C/C=C\C1(C)C=CC/C=C\C/C=C\C/C=C\1. The van der Waals surface area contributed by atoms with E-state index in [1.807, 2.05) is 0 Å². The van der Waals surface area contributed by atoms with Gasteiger partial charge in [0.25, 0.3) is 0 Å². The maximum Gasteiger partial charge on any atom is 0.123 e. The van der Waals surface area contributed by atoms with Gasteiger partial charge in [0.1, 0.15) is 6.29 Å². The summed E-state index contributed by atoms with van der Waals surface area (Å²) in [7, 11) is 0. The lowest BCUT2D eigenvalue weighted by Gasteiger charge is -2.17. The zero-order valence-electron chi connectivity index (χ0n) is 15.2. The van der Waals surface area contributed by atoms with E-state index in [0.717, 1.165) is 44.8 Å². The first-order valence-corrected chi connectivity index (χ1v) is 9.13. The van der Waals surface area contributed by atoms with Crippen molar-refractivity contribution >= 4 is 6.29 Å². The van der Waals surface area contributed by atoms with Gasteiger partial charge < -0.3 is 4.79 Å². The third-order valence-electron chi connectivity index (χ3n) is 4.18. The maximum absolute atomic E-state index is 10.8. The summed E-state index contributed by atoms with van der Waals surface area (Å²) in [6, 6.07) is 0. The van der Waals surface area contributed by atoms with Crippen molar-refractivity contribution < 1.29 is 4.79 Å². The van der Waals surface area contributed by atoms with Crippen LogP contribution in [0.4, 0.5) is 0 Å². The number of aldehydes is 1. The van der Waals surface area contributed by atoms with Crippen LogP contribution in [-0.2, 0) is 4.79 Å². The molecule has 130 valence electrons. The summed E-state index contributed by atoms with van der Waals surface area (Å²) in [6.07, 6.45) is 33.4. The molecule has 0 aromatic heterocycles. The van der Waals surface area contributed by atoms with Crippen molar-refractivity contribution in [1.82, 2.24) is 0 Å². The normalized spacial score (nSPS) is 27.4. The molecule has 24 heavy (non-hydrogen) atoms. The van der Waals surface area contributed by atoms with E-state index in [1.54, 1.807) is 0 Å². The number of allylic oxidation sites excluding steroid dienone is 12. The molecule has 0 aromatic rings. The fraction of sp³-hybridized carbons (Fsp3) is 0.435. The van der Waals surface area contributed by atoms with Crippen LogP contribution < -0.4 is 0 Å². The zero-order valence-corrected chi connectivity index (χ0v) is 15.2. The monoisotopic (exact) mass is 324 g/mol. The Morgan fingerprint density at radius 1 is 0.917 bits per heavy atom. The van der Waals surface area contributed by atoms with E-state index >= 15 is 0 Å². The van der Waals surface area contributed by atoms with Gasteiger partial charge in [0, 0.05) is 11.3 Å². The van der Waals surface area contributed by atoms with Crippen LogP contribution in [0.15, 0.2) is 72.9 Å². The van der Waals surface area contributed by atoms with Gasteiger partial charge in [0.15, 0.2) is 0 Å². The van der Waals surface area contributed by atoms with E-state index in [-0.39, 0.29) is 11.3 Å². The van der Waals surface area contributed by atoms with Crippen molar-refractivity contribution in [3.05, 3.63) is 72.9 Å². The molecule has 0 aromatic carbocycles. The average molecular weight is 325 g/mol. The highest BCUT2D eigenvalue weighted by Gasteiger charge is 2.11. The van der Waals surface area contributed by atoms with Crippen molar-refractivity contribution in [2.24, 2.45) is 11.3 Å². The van der Waals surface area contributed by atoms with Gasteiger partial charge in [-0.2, -0.15) is 0 Å². The summed E-state index contributed by atoms with van der Waals surface area (Å²) in [5.74, 6) is 0.168. The summed E-state index contributed by atoms with van der Waals surface area (Å²) in [5.41, 5.74) is -0.0382. The molecular formula is C23H32O. The molecular weight excluding hydrogens is 292 g/mol. The summed E-state index contributed by atoms with van der Waals surface area (Å²) < 4.78 is 0. The van der Waals surface area contributed by atoms with Crippen LogP contribution in [-0.4, -0.2) is 6.29 Å². The molecule has 0 N–H and O–H groups in total. The van der Waals surface area contributed by atoms with Crippen LogP contribution in [0.1, 0.15) is 52.4 Å². The predicted octanol–water partition coefficient (Wildman–Crippen LogP) is 6.52. The zero-order chi connectivity index (χ0) is 17.5. The number of carbonyl (C=O) groups excluding carboxylic acids is 1. The fourth-order valence-electron chi connectivity index (χ4n) is 2.52. The van der Waals surface area contributed by atoms with Crippen molar-refractivity contribution in [1.29, 1.82) is 0 Å². The van der Waals surface area contributed by atoms with Crippen LogP contribution in [0.2, 0.25) is 0 Å². The molecule has 0 saturated heterocycles. The molecule has 1 rings (SSSR count). The lowest BCUT2D eigenvalue weighted by Crippen LogP contribution is -2.05. The highest BCUT2D eigenvalue weighted by Crippen LogP contribution is 2.24. The molecule has 0 radical (unpaired) electrons. The lowest BCUT2D eigenvalue weighted by molar-refractivity contribution is -0.111. The van der Waals surface area contributed by atoms with Crippen LogP contribution in [0.5, 0.6) is 0 Å². The van der Waals surface area contributed by atoms with Gasteiger partial charge in [0.05, 0.1) is 0 Å². The van der Waals surface area contributed by atoms with Gasteiger partial charge in [0.2, 0.25) is 0 Å². The van der Waals surface area contributed by atoms with Gasteiger partial charge >= 0.3 is 0 Å². The van der Waals surface area contributed by atoms with E-state index in [2.05, 4.69) is 86.8 Å². The minimum atomic E-state index is -0.0382. The Bertz CT molecular complexity index is 490. The first kappa shape index (κ1) is 20.2. The third kappa shape index (κ3) is 9.29. The van der Waals surface area contributed by atoms with Crippen molar-refractivity contribution in [2.75, 3.05) is 0 Å². The Hall–Kier alpha value is -1.89. The van der Waals surface area contributed by atoms with Crippen LogP contribution in [0.25, 0.3) is 0 Å². The van der Waals surface area contributed by atoms with E-state index in [4.69, 9.17) is 0 Å². The Labute approximate surface area is 148 Å². The molecule has 0 saturated carbocycles. The van der Waals surface area contributed by atoms with Crippen molar-refractivity contribution in [2.45, 2.75) is 52.4 Å². The molecule has 0 aliphatic heterocycles. The van der Waals surface area contributed by atoms with Gasteiger partial charge in [-0.15, -0.1) is 0 Å². The first-order valence-electron chi connectivity index (χ1n) is 9.13. The van der Waals surface area contributed by atoms with E-state index in [0.29, 0.717) is 0 Å².